The first-order valence-corrected chi connectivity index (χ1v) is 7.66. The van der Waals surface area contributed by atoms with Crippen LogP contribution in [0.25, 0.3) is 0 Å². The molecule has 0 aliphatic carbocycles. The van der Waals surface area contributed by atoms with Crippen LogP contribution in [0.4, 0.5) is 11.4 Å². The Morgan fingerprint density at radius 2 is 1.59 bits per heavy atom. The van der Waals surface area contributed by atoms with Crippen LogP contribution in [0.2, 0.25) is 0 Å². The average molecular weight is 361 g/mol. The van der Waals surface area contributed by atoms with Crippen LogP contribution in [0.3, 0.4) is 0 Å². The summed E-state index contributed by atoms with van der Waals surface area (Å²) in [6, 6.07) is 13.1. The van der Waals surface area contributed by atoms with Crippen LogP contribution >= 0.6 is 15.9 Å². The van der Waals surface area contributed by atoms with Gasteiger partial charge in [0, 0.05) is 10.2 Å². The number of hydrogen-bond donors (Lipinski definition) is 2. The molecule has 0 bridgehead atoms. The van der Waals surface area contributed by atoms with Crippen molar-refractivity contribution in [2.45, 2.75) is 20.3 Å². The van der Waals surface area contributed by atoms with Crippen LogP contribution in [0.1, 0.15) is 17.5 Å². The molecule has 0 fully saturated rings. The van der Waals surface area contributed by atoms with E-state index in [4.69, 9.17) is 0 Å². The van der Waals surface area contributed by atoms with Crippen LogP contribution in [0.5, 0.6) is 0 Å². The summed E-state index contributed by atoms with van der Waals surface area (Å²) in [5.41, 5.74) is 3.40. The number of carbonyl (C=O) groups excluding carboxylic acids is 2. The van der Waals surface area contributed by atoms with E-state index in [1.54, 1.807) is 6.07 Å². The maximum Gasteiger partial charge on any atom is 0.233 e. The fourth-order valence-electron chi connectivity index (χ4n) is 1.97. The Bertz CT molecular complexity index is 714. The van der Waals surface area contributed by atoms with Crippen LogP contribution in [0, 0.1) is 13.8 Å². The number of nitrogens with one attached hydrogen (secondary N) is 2. The van der Waals surface area contributed by atoms with Gasteiger partial charge in [-0.2, -0.15) is 0 Å². The molecule has 0 aliphatic heterocycles. The second kappa shape index (κ2) is 7.22. The van der Waals surface area contributed by atoms with Gasteiger partial charge in [-0.3, -0.25) is 9.59 Å². The zero-order chi connectivity index (χ0) is 16.1. The summed E-state index contributed by atoms with van der Waals surface area (Å²) in [6.45, 7) is 3.87. The summed E-state index contributed by atoms with van der Waals surface area (Å²) in [4.78, 5) is 23.9. The summed E-state index contributed by atoms with van der Waals surface area (Å²) >= 11 is 3.35. The molecule has 2 aromatic rings. The van der Waals surface area contributed by atoms with Crippen molar-refractivity contribution in [3.8, 4) is 0 Å². The van der Waals surface area contributed by atoms with Gasteiger partial charge >= 0.3 is 0 Å². The number of rotatable bonds is 4. The Morgan fingerprint density at radius 1 is 0.955 bits per heavy atom. The van der Waals surface area contributed by atoms with E-state index < -0.39 is 0 Å². The monoisotopic (exact) mass is 360 g/mol. The van der Waals surface area contributed by atoms with Crippen LogP contribution < -0.4 is 10.6 Å². The minimum Gasteiger partial charge on any atom is -0.325 e. The smallest absolute Gasteiger partial charge is 0.233 e. The molecule has 2 amide bonds. The standard InChI is InChI=1S/C17H17BrN2O2/c1-11-7-8-12(2)15(9-11)20-17(22)10-16(21)19-14-6-4-3-5-13(14)18/h3-9H,10H2,1-2H3,(H,19,21)(H,20,22). The van der Waals surface area contributed by atoms with E-state index >= 15 is 0 Å². The summed E-state index contributed by atoms with van der Waals surface area (Å²) in [5.74, 6) is -0.687. The quantitative estimate of drug-likeness (QED) is 0.808. The van der Waals surface area contributed by atoms with Gasteiger partial charge in [0.15, 0.2) is 0 Å². The minimum absolute atomic E-state index is 0.227. The van der Waals surface area contributed by atoms with Gasteiger partial charge in [0.2, 0.25) is 11.8 Å². The molecule has 114 valence electrons. The van der Waals surface area contributed by atoms with E-state index in [1.807, 2.05) is 50.2 Å². The van der Waals surface area contributed by atoms with Crippen LogP contribution in [0.15, 0.2) is 46.9 Å². The van der Waals surface area contributed by atoms with Gasteiger partial charge in [0.25, 0.3) is 0 Å². The molecule has 0 aliphatic rings. The lowest BCUT2D eigenvalue weighted by Gasteiger charge is -2.10. The van der Waals surface area contributed by atoms with Crippen LogP contribution in [-0.2, 0) is 9.59 Å². The molecular formula is C17H17BrN2O2. The Hall–Kier alpha value is -2.14. The fraction of sp³-hybridized carbons (Fsp3) is 0.176. The van der Waals surface area contributed by atoms with E-state index in [-0.39, 0.29) is 18.2 Å². The first-order valence-electron chi connectivity index (χ1n) is 6.87. The lowest BCUT2D eigenvalue weighted by atomic mass is 10.1. The molecule has 0 spiro atoms. The highest BCUT2D eigenvalue weighted by molar-refractivity contribution is 9.10. The number of hydrogen-bond acceptors (Lipinski definition) is 2. The molecule has 2 rings (SSSR count). The number of anilines is 2. The molecule has 4 nitrogen and oxygen atoms in total. The van der Waals surface area contributed by atoms with Crippen molar-refractivity contribution in [3.63, 3.8) is 0 Å². The van der Waals surface area contributed by atoms with Gasteiger partial charge in [-0.05, 0) is 59.1 Å². The van der Waals surface area contributed by atoms with Crippen molar-refractivity contribution >= 4 is 39.1 Å². The van der Waals surface area contributed by atoms with Crippen molar-refractivity contribution < 1.29 is 9.59 Å². The normalized spacial score (nSPS) is 10.1. The number of para-hydroxylation sites is 1. The van der Waals surface area contributed by atoms with E-state index in [2.05, 4.69) is 26.6 Å². The maximum atomic E-state index is 12.0. The molecule has 0 aromatic heterocycles. The Labute approximate surface area is 138 Å². The van der Waals surface area contributed by atoms with Gasteiger partial charge in [-0.15, -0.1) is 0 Å². The molecule has 0 radical (unpaired) electrons. The highest BCUT2D eigenvalue weighted by atomic mass is 79.9. The van der Waals surface area contributed by atoms with Crippen LogP contribution in [-0.4, -0.2) is 11.8 Å². The molecule has 22 heavy (non-hydrogen) atoms. The summed E-state index contributed by atoms with van der Waals surface area (Å²) < 4.78 is 0.776. The van der Waals surface area contributed by atoms with Crippen molar-refractivity contribution in [1.29, 1.82) is 0 Å². The molecule has 2 aromatic carbocycles. The topological polar surface area (TPSA) is 58.2 Å². The predicted molar refractivity (Wildman–Crippen MR) is 91.9 cm³/mol. The summed E-state index contributed by atoms with van der Waals surface area (Å²) in [6.07, 6.45) is -0.227. The molecular weight excluding hydrogens is 344 g/mol. The van der Waals surface area contributed by atoms with Gasteiger partial charge in [0.1, 0.15) is 6.42 Å². The van der Waals surface area contributed by atoms with Gasteiger partial charge in [-0.25, -0.2) is 0 Å². The number of aryl methyl sites for hydroxylation is 2. The van der Waals surface area contributed by atoms with Crippen molar-refractivity contribution in [3.05, 3.63) is 58.1 Å². The van der Waals surface area contributed by atoms with Gasteiger partial charge < -0.3 is 10.6 Å². The first kappa shape index (κ1) is 16.2. The second-order valence-electron chi connectivity index (χ2n) is 5.07. The third-order valence-corrected chi connectivity index (χ3v) is 3.83. The molecule has 5 heteroatoms. The molecule has 2 N–H and O–H groups in total. The Kier molecular flexibility index (Phi) is 5.33. The highest BCUT2D eigenvalue weighted by Crippen LogP contribution is 2.21. The van der Waals surface area contributed by atoms with Crippen molar-refractivity contribution in [2.75, 3.05) is 10.6 Å². The van der Waals surface area contributed by atoms with E-state index in [0.29, 0.717) is 5.69 Å². The largest absolute Gasteiger partial charge is 0.325 e. The van der Waals surface area contributed by atoms with Gasteiger partial charge in [0.05, 0.1) is 5.69 Å². The molecule has 0 saturated carbocycles. The fourth-order valence-corrected chi connectivity index (χ4v) is 2.35. The molecule has 0 saturated heterocycles. The highest BCUT2D eigenvalue weighted by Gasteiger charge is 2.12. The summed E-state index contributed by atoms with van der Waals surface area (Å²) in [7, 11) is 0. The zero-order valence-electron chi connectivity index (χ0n) is 12.4. The van der Waals surface area contributed by atoms with Gasteiger partial charge in [-0.1, -0.05) is 24.3 Å². The number of benzene rings is 2. The number of amides is 2. The lowest BCUT2D eigenvalue weighted by Crippen LogP contribution is -2.22. The third-order valence-electron chi connectivity index (χ3n) is 3.14. The zero-order valence-corrected chi connectivity index (χ0v) is 14.0. The average Bonchev–Trinajstić information content (AvgIpc) is 2.45. The lowest BCUT2D eigenvalue weighted by molar-refractivity contribution is -0.123. The van der Waals surface area contributed by atoms with Crippen molar-refractivity contribution in [2.24, 2.45) is 0 Å². The Balaban J connectivity index is 1.96. The number of halogens is 1. The van der Waals surface area contributed by atoms with E-state index in [9.17, 15) is 9.59 Å². The predicted octanol–water partition coefficient (Wildman–Crippen LogP) is 4.03. The summed E-state index contributed by atoms with van der Waals surface area (Å²) in [5, 5.41) is 5.48. The molecule has 0 heterocycles. The third kappa shape index (κ3) is 4.43. The maximum absolute atomic E-state index is 12.0. The Morgan fingerprint density at radius 3 is 2.27 bits per heavy atom. The molecule has 0 unspecified atom stereocenters. The SMILES string of the molecule is Cc1ccc(C)c(NC(=O)CC(=O)Nc2ccccc2Br)c1. The molecule has 0 atom stereocenters. The minimum atomic E-state index is -0.352. The number of carbonyl (C=O) groups is 2. The second-order valence-corrected chi connectivity index (χ2v) is 5.93. The first-order chi connectivity index (χ1) is 10.5. The van der Waals surface area contributed by atoms with E-state index in [1.165, 1.54) is 0 Å². The van der Waals surface area contributed by atoms with E-state index in [0.717, 1.165) is 21.3 Å². The van der Waals surface area contributed by atoms with Crippen molar-refractivity contribution in [1.82, 2.24) is 0 Å².